The first-order valence-corrected chi connectivity index (χ1v) is 48.2. The number of hydrogen-bond acceptors (Lipinski definition) is 6. The molecule has 0 saturated carbocycles. The quantitative estimate of drug-likeness (QED) is 0.135. The molecule has 0 aliphatic heterocycles. The van der Waals surface area contributed by atoms with Crippen molar-refractivity contribution in [2.24, 2.45) is 0 Å². The number of hydrogen-bond donors (Lipinski definition) is 0. The molecule has 0 unspecified atom stereocenters. The fourth-order valence-electron chi connectivity index (χ4n) is 22.8. The Balaban J connectivity index is 0.000000104. The third-order valence-electron chi connectivity index (χ3n) is 29.2. The van der Waals surface area contributed by atoms with E-state index in [2.05, 4.69) is 495 Å². The predicted molar refractivity (Wildman–Crippen MR) is 586 cm³/mol. The highest BCUT2D eigenvalue weighted by atomic mass is 16.3. The molecule has 9 heteroatoms. The largest absolute Gasteiger partial charge is 0.454 e. The van der Waals surface area contributed by atoms with Crippen molar-refractivity contribution >= 4 is 164 Å². The van der Waals surface area contributed by atoms with Crippen molar-refractivity contribution in [3.63, 3.8) is 0 Å². The molecule has 20 aromatic carbocycles. The molecule has 0 fully saturated rings. The lowest BCUT2D eigenvalue weighted by molar-refractivity contribution is 0.661. The molecule has 0 bridgehead atoms. The Bertz CT molecular complexity index is 10100. The number of aromatic nitrogens is 6. The van der Waals surface area contributed by atoms with Crippen LogP contribution in [0.25, 0.3) is 270 Å². The Morgan fingerprint density at radius 2 is 0.511 bits per heavy atom. The summed E-state index contributed by atoms with van der Waals surface area (Å²) in [6.45, 7) is 4.70. The topological polar surface area (TPSA) is 92.9 Å². The van der Waals surface area contributed by atoms with Crippen molar-refractivity contribution < 1.29 is 13.3 Å². The van der Waals surface area contributed by atoms with Gasteiger partial charge >= 0.3 is 0 Å². The highest BCUT2D eigenvalue weighted by Crippen LogP contribution is 2.54. The second-order valence-corrected chi connectivity index (χ2v) is 37.4. The lowest BCUT2D eigenvalue weighted by Crippen LogP contribution is -2.14. The van der Waals surface area contributed by atoms with Gasteiger partial charge in [0, 0.05) is 103 Å². The fraction of sp³-hybridized carbons (Fsp3) is 0.0227. The molecule has 9 heterocycles. The lowest BCUT2D eigenvalue weighted by atomic mass is 9.82. The summed E-state index contributed by atoms with van der Waals surface area (Å²) in [6.07, 6.45) is 0. The van der Waals surface area contributed by atoms with Crippen molar-refractivity contribution in [3.05, 3.63) is 484 Å². The number of nitrogens with zero attached hydrogens (tertiary/aromatic N) is 6. The van der Waals surface area contributed by atoms with Gasteiger partial charge in [-0.15, -0.1) is 0 Å². The van der Waals surface area contributed by atoms with E-state index in [1.165, 1.54) is 99.0 Å². The fourth-order valence-corrected chi connectivity index (χ4v) is 22.8. The minimum atomic E-state index is -0.0734. The summed E-state index contributed by atoms with van der Waals surface area (Å²) in [5, 5.41) is 17.3. The number of rotatable bonds is 10. The summed E-state index contributed by atoms with van der Waals surface area (Å²) >= 11 is 0. The smallest absolute Gasteiger partial charge is 0.159 e. The van der Waals surface area contributed by atoms with E-state index in [-0.39, 0.29) is 5.41 Å². The van der Waals surface area contributed by atoms with Gasteiger partial charge in [0.15, 0.2) is 16.7 Å². The third kappa shape index (κ3) is 12.9. The van der Waals surface area contributed by atoms with Crippen molar-refractivity contribution in [2.75, 3.05) is 0 Å². The van der Waals surface area contributed by atoms with Crippen molar-refractivity contribution in [1.82, 2.24) is 28.7 Å². The highest BCUT2D eigenvalue weighted by molar-refractivity contribution is 6.22. The Hall–Kier alpha value is -18.6. The molecule has 0 atom stereocenters. The summed E-state index contributed by atoms with van der Waals surface area (Å²) in [7, 11) is 0. The summed E-state index contributed by atoms with van der Waals surface area (Å²) in [4.78, 5) is 15.5. The van der Waals surface area contributed by atoms with E-state index in [4.69, 9.17) is 28.2 Å². The van der Waals surface area contributed by atoms with Gasteiger partial charge in [0.1, 0.15) is 16.7 Å². The van der Waals surface area contributed by atoms with E-state index in [9.17, 15) is 0 Å². The molecule has 0 spiro atoms. The SMILES string of the molecule is CC1(C)c2ccccc2-c2cc3c(cc21)c1ccccc1n3-c1cccc2c1oc1cccc(-c3cc(-c4ccccc4)nc4ccccc34)c12.c1ccc(-c2cc(-c3cccc4oc5c(-n6c7ccccc7c7ccccc76)cccc5c34)nc3ccccc23)cc1.c1ccc(-c2ccc3c4ccccc4n(-c4cccc5c4oc4cccc(-c6cc(-c7ccccc7)c7ccccc7n6)c45)c3c2)cc1. The highest BCUT2D eigenvalue weighted by Gasteiger charge is 2.37. The van der Waals surface area contributed by atoms with Crippen LogP contribution >= 0.6 is 0 Å². The predicted octanol–water partition coefficient (Wildman–Crippen LogP) is 35.7. The van der Waals surface area contributed by atoms with Gasteiger partial charge < -0.3 is 27.0 Å². The first-order chi connectivity index (χ1) is 69.7. The van der Waals surface area contributed by atoms with Gasteiger partial charge in [-0.05, 0) is 182 Å². The molecule has 0 N–H and O–H groups in total. The average molecular weight is 1800 g/mol. The van der Waals surface area contributed by atoms with Crippen LogP contribution in [0.4, 0.5) is 0 Å². The molecule has 1 aliphatic carbocycles. The molecule has 9 nitrogen and oxygen atoms in total. The molecule has 0 saturated heterocycles. The van der Waals surface area contributed by atoms with Crippen LogP contribution < -0.4 is 0 Å². The molecule has 9 aromatic heterocycles. The van der Waals surface area contributed by atoms with Crippen molar-refractivity contribution in [1.29, 1.82) is 0 Å². The first-order valence-electron chi connectivity index (χ1n) is 48.2. The third-order valence-corrected chi connectivity index (χ3v) is 29.2. The van der Waals surface area contributed by atoms with E-state index < -0.39 is 0 Å². The van der Waals surface area contributed by atoms with Gasteiger partial charge in [0.05, 0.1) is 83.8 Å². The maximum Gasteiger partial charge on any atom is 0.159 e. The van der Waals surface area contributed by atoms with Crippen molar-refractivity contribution in [2.45, 2.75) is 19.3 Å². The second-order valence-electron chi connectivity index (χ2n) is 37.4. The molecule has 30 rings (SSSR count). The van der Waals surface area contributed by atoms with E-state index in [1.54, 1.807) is 0 Å². The monoisotopic (exact) mass is 1800 g/mol. The van der Waals surface area contributed by atoms with Gasteiger partial charge in [-0.2, -0.15) is 0 Å². The Morgan fingerprint density at radius 3 is 0.979 bits per heavy atom. The van der Waals surface area contributed by atoms with E-state index in [0.29, 0.717) is 0 Å². The lowest BCUT2D eigenvalue weighted by Gasteiger charge is -2.21. The normalized spacial score (nSPS) is 12.4. The van der Waals surface area contributed by atoms with Gasteiger partial charge in [-0.25, -0.2) is 15.0 Å². The van der Waals surface area contributed by atoms with E-state index in [1.807, 2.05) is 6.07 Å². The molecular formula is C132H84N6O3. The molecule has 0 amide bonds. The molecule has 29 aromatic rings. The summed E-state index contributed by atoms with van der Waals surface area (Å²) in [5.74, 6) is 0. The Kier molecular flexibility index (Phi) is 18.5. The summed E-state index contributed by atoms with van der Waals surface area (Å²) in [5.41, 5.74) is 38.9. The van der Waals surface area contributed by atoms with Crippen LogP contribution in [0.1, 0.15) is 25.0 Å². The number of pyridine rings is 3. The summed E-state index contributed by atoms with van der Waals surface area (Å²) < 4.78 is 27.6. The van der Waals surface area contributed by atoms with E-state index >= 15 is 0 Å². The zero-order valence-electron chi connectivity index (χ0n) is 76.9. The number of furan rings is 3. The van der Waals surface area contributed by atoms with E-state index in [0.717, 1.165) is 183 Å². The molecular weight excluding hydrogens is 1720 g/mol. The first kappa shape index (κ1) is 80.8. The Morgan fingerprint density at radius 1 is 0.184 bits per heavy atom. The van der Waals surface area contributed by atoms with Gasteiger partial charge in [-0.3, -0.25) is 0 Å². The van der Waals surface area contributed by atoms with Gasteiger partial charge in [0.25, 0.3) is 0 Å². The molecule has 660 valence electrons. The standard InChI is InChI=1S/C48H32N2O.C45H28N2O.C39H24N2O/c1-48(2)38-21-9-6-16-30(38)36-28-44-37(26-39(36)48)32-18-8-11-23-42(32)50(44)43-24-12-20-34-46-33(19-13-25-45(46)51-47(34)43)35-27-41(29-14-4-3-5-15-29)49-40-22-10-7-17-31(35)40;1-3-13-29(14-4-1)31-25-26-34-33-18-8-10-22-40(33)47(42(34)27-31)41-23-11-20-36-44-35(19-12-24-43(44)48-45(36)41)39-28-37(30-15-5-2-6-16-30)32-17-7-9-21-38(32)46-39;1-2-12-25(13-3-1)31-24-33(40-32-19-7-4-14-26(31)32)29-17-11-23-37-38(29)30-18-10-22-36(39(30)42-37)41-34-20-8-5-15-27(34)28-16-6-9-21-35(28)41/h3-28H,1-2H3;1-28H;1-24H. The number of fused-ring (bicyclic) bond motifs is 24. The van der Waals surface area contributed by atoms with Gasteiger partial charge in [-0.1, -0.05) is 372 Å². The van der Waals surface area contributed by atoms with Crippen LogP contribution in [-0.4, -0.2) is 28.7 Å². The Labute approximate surface area is 810 Å². The van der Waals surface area contributed by atoms with Crippen LogP contribution in [0, 0.1) is 0 Å². The van der Waals surface area contributed by atoms with Gasteiger partial charge in [0.2, 0.25) is 0 Å². The average Bonchev–Trinajstić information content (AvgIpc) is 1.55. The van der Waals surface area contributed by atoms with Crippen LogP contribution in [-0.2, 0) is 5.41 Å². The maximum atomic E-state index is 6.94. The zero-order valence-corrected chi connectivity index (χ0v) is 76.9. The number of para-hydroxylation sites is 10. The molecule has 1 aliphatic rings. The summed E-state index contributed by atoms with van der Waals surface area (Å²) in [6, 6.07) is 168. The minimum Gasteiger partial charge on any atom is -0.454 e. The van der Waals surface area contributed by atoms with Crippen LogP contribution in [0.2, 0.25) is 0 Å². The minimum absolute atomic E-state index is 0.0734. The van der Waals surface area contributed by atoms with Crippen LogP contribution in [0.5, 0.6) is 0 Å². The molecule has 141 heavy (non-hydrogen) atoms. The van der Waals surface area contributed by atoms with Crippen LogP contribution in [0.3, 0.4) is 0 Å². The maximum absolute atomic E-state index is 6.94. The van der Waals surface area contributed by atoms with Crippen LogP contribution in [0.15, 0.2) is 486 Å². The zero-order chi connectivity index (χ0) is 93.1. The second kappa shape index (κ2) is 32.3. The number of benzene rings is 20. The molecule has 0 radical (unpaired) electrons. The van der Waals surface area contributed by atoms with Crippen molar-refractivity contribution in [3.8, 4) is 106 Å².